The Labute approximate surface area is 227 Å². The molecule has 1 aromatic heterocycles. The van der Waals surface area contributed by atoms with Crippen LogP contribution in [-0.4, -0.2) is 67.9 Å². The van der Waals surface area contributed by atoms with E-state index in [9.17, 15) is 32.3 Å². The number of benzene rings is 1. The Bertz CT molecular complexity index is 1230. The first-order chi connectivity index (χ1) is 18.8. The van der Waals surface area contributed by atoms with Gasteiger partial charge in [-0.3, -0.25) is 14.4 Å². The molecule has 0 aliphatic carbocycles. The maximum absolute atomic E-state index is 12.9. The third-order valence-electron chi connectivity index (χ3n) is 5.20. The Kier molecular flexibility index (Phi) is 13.6. The molecule has 0 fully saturated rings. The number of anilines is 1. The quantitative estimate of drug-likeness (QED) is 0.250. The Hall–Kier alpha value is -4.14. The lowest BCUT2D eigenvalue weighted by Crippen LogP contribution is -2.36. The van der Waals surface area contributed by atoms with Gasteiger partial charge in [-0.15, -0.1) is 0 Å². The standard InChI is InChI=1S/C23H31N3O7.C2HF3O2/c1-4-26(5-2)15-9-10-16-17(13-20(28)32-18(16)12-15)22(33-19(27)8-7-11-24)23(30)25-14-21(29)31-6-3;3-2(4,5)1(6)7/h9-10,12-13,22H,4-8,11,14,24H2,1-3H3,(H,25,30);(H,6,7). The summed E-state index contributed by atoms with van der Waals surface area (Å²) in [6.07, 6.45) is -6.17. The molecule has 2 rings (SSSR count). The first-order valence-corrected chi connectivity index (χ1v) is 12.2. The van der Waals surface area contributed by atoms with Crippen molar-refractivity contribution in [3.8, 4) is 0 Å². The van der Waals surface area contributed by atoms with Gasteiger partial charge in [0, 0.05) is 48.3 Å². The SMILES string of the molecule is CCOC(=O)CNC(=O)C(OC(=O)CCCN)c1cc(=O)oc2cc(N(CC)CC)ccc12.O=C(O)C(F)(F)F. The molecule has 1 unspecified atom stereocenters. The van der Waals surface area contributed by atoms with Gasteiger partial charge in [0.25, 0.3) is 5.91 Å². The molecule has 222 valence electrons. The summed E-state index contributed by atoms with van der Waals surface area (Å²) in [5.41, 5.74) is 6.01. The summed E-state index contributed by atoms with van der Waals surface area (Å²) >= 11 is 0. The van der Waals surface area contributed by atoms with Gasteiger partial charge in [-0.05, 0) is 45.9 Å². The van der Waals surface area contributed by atoms with Gasteiger partial charge in [0.2, 0.25) is 6.10 Å². The molecule has 0 spiro atoms. The fourth-order valence-corrected chi connectivity index (χ4v) is 3.34. The second-order valence-corrected chi connectivity index (χ2v) is 7.96. The zero-order valence-corrected chi connectivity index (χ0v) is 22.2. The van der Waals surface area contributed by atoms with Crippen LogP contribution >= 0.6 is 0 Å². The highest BCUT2D eigenvalue weighted by atomic mass is 19.4. The van der Waals surface area contributed by atoms with E-state index in [1.54, 1.807) is 19.1 Å². The minimum Gasteiger partial charge on any atom is -0.475 e. The Morgan fingerprint density at radius 2 is 1.73 bits per heavy atom. The summed E-state index contributed by atoms with van der Waals surface area (Å²) in [6.45, 7) is 7.19. The van der Waals surface area contributed by atoms with Crippen molar-refractivity contribution in [1.29, 1.82) is 0 Å². The number of fused-ring (bicyclic) bond motifs is 1. The number of nitrogens with zero attached hydrogens (tertiary/aromatic N) is 1. The zero-order valence-electron chi connectivity index (χ0n) is 22.2. The number of nitrogens with two attached hydrogens (primary N) is 1. The normalized spacial score (nSPS) is 11.6. The van der Waals surface area contributed by atoms with E-state index >= 15 is 0 Å². The lowest BCUT2D eigenvalue weighted by atomic mass is 10.0. The third-order valence-corrected chi connectivity index (χ3v) is 5.20. The molecule has 0 saturated carbocycles. The smallest absolute Gasteiger partial charge is 0.475 e. The second-order valence-electron chi connectivity index (χ2n) is 7.96. The Morgan fingerprint density at radius 1 is 1.10 bits per heavy atom. The average molecular weight is 576 g/mol. The fourth-order valence-electron chi connectivity index (χ4n) is 3.34. The van der Waals surface area contributed by atoms with Gasteiger partial charge in [-0.25, -0.2) is 9.59 Å². The van der Waals surface area contributed by atoms with Crippen molar-refractivity contribution in [3.63, 3.8) is 0 Å². The number of amides is 1. The molecule has 15 heteroatoms. The first kappa shape index (κ1) is 33.9. The van der Waals surface area contributed by atoms with Gasteiger partial charge in [-0.2, -0.15) is 13.2 Å². The summed E-state index contributed by atoms with van der Waals surface area (Å²) in [4.78, 5) is 60.2. The lowest BCUT2D eigenvalue weighted by Gasteiger charge is -2.22. The van der Waals surface area contributed by atoms with Crippen molar-refractivity contribution in [2.75, 3.05) is 37.7 Å². The molecular weight excluding hydrogens is 543 g/mol. The summed E-state index contributed by atoms with van der Waals surface area (Å²) in [5.74, 6) is -4.81. The van der Waals surface area contributed by atoms with E-state index in [1.807, 2.05) is 19.9 Å². The monoisotopic (exact) mass is 575 g/mol. The zero-order chi connectivity index (χ0) is 30.5. The topological polar surface area (TPSA) is 178 Å². The molecule has 2 aromatic rings. The van der Waals surface area contributed by atoms with E-state index in [2.05, 4.69) is 10.2 Å². The van der Waals surface area contributed by atoms with E-state index in [-0.39, 0.29) is 30.7 Å². The number of nitrogens with one attached hydrogen (secondary N) is 1. The number of carboxylic acid groups (broad SMARTS) is 1. The number of carboxylic acids is 1. The number of aliphatic carboxylic acids is 1. The van der Waals surface area contributed by atoms with Crippen molar-refractivity contribution >= 4 is 40.5 Å². The van der Waals surface area contributed by atoms with Crippen molar-refractivity contribution in [2.24, 2.45) is 5.73 Å². The summed E-state index contributed by atoms with van der Waals surface area (Å²) in [6, 6.07) is 6.37. The van der Waals surface area contributed by atoms with Crippen molar-refractivity contribution < 1.29 is 51.3 Å². The van der Waals surface area contributed by atoms with Crippen LogP contribution in [0.4, 0.5) is 18.9 Å². The number of hydrogen-bond acceptors (Lipinski definition) is 10. The largest absolute Gasteiger partial charge is 0.490 e. The van der Waals surface area contributed by atoms with Gasteiger partial charge >= 0.3 is 29.7 Å². The van der Waals surface area contributed by atoms with Crippen molar-refractivity contribution in [2.45, 2.75) is 45.9 Å². The van der Waals surface area contributed by atoms with Crippen LogP contribution in [0.1, 0.15) is 45.3 Å². The number of hydrogen-bond donors (Lipinski definition) is 3. The van der Waals surface area contributed by atoms with Crippen LogP contribution in [0.25, 0.3) is 11.0 Å². The molecule has 0 saturated heterocycles. The molecule has 1 atom stereocenters. The number of esters is 2. The van der Waals surface area contributed by atoms with Crippen LogP contribution in [0.15, 0.2) is 33.5 Å². The highest BCUT2D eigenvalue weighted by Gasteiger charge is 2.38. The van der Waals surface area contributed by atoms with Crippen LogP contribution < -0.4 is 21.6 Å². The minimum atomic E-state index is -5.08. The van der Waals surface area contributed by atoms with Gasteiger partial charge < -0.3 is 34.9 Å². The number of ether oxygens (including phenoxy) is 2. The maximum Gasteiger partial charge on any atom is 0.490 e. The maximum atomic E-state index is 12.9. The van der Waals surface area contributed by atoms with E-state index in [0.29, 0.717) is 11.8 Å². The number of carbonyl (C=O) groups is 4. The summed E-state index contributed by atoms with van der Waals surface area (Å²) < 4.78 is 47.3. The molecule has 4 N–H and O–H groups in total. The van der Waals surface area contributed by atoms with Gasteiger partial charge in [0.15, 0.2) is 0 Å². The van der Waals surface area contributed by atoms with Crippen molar-refractivity contribution in [3.05, 3.63) is 40.2 Å². The number of rotatable bonds is 12. The Morgan fingerprint density at radius 3 is 2.25 bits per heavy atom. The van der Waals surface area contributed by atoms with Crippen LogP contribution in [0.3, 0.4) is 0 Å². The van der Waals surface area contributed by atoms with E-state index in [4.69, 9.17) is 29.5 Å². The van der Waals surface area contributed by atoms with Gasteiger partial charge in [0.05, 0.1) is 6.61 Å². The number of alkyl halides is 3. The summed E-state index contributed by atoms with van der Waals surface area (Å²) in [5, 5.41) is 9.97. The molecule has 40 heavy (non-hydrogen) atoms. The van der Waals surface area contributed by atoms with E-state index in [0.717, 1.165) is 24.8 Å². The Balaban J connectivity index is 0.00000101. The van der Waals surface area contributed by atoms with E-state index in [1.165, 1.54) is 0 Å². The number of halogens is 3. The molecule has 1 aromatic carbocycles. The van der Waals surface area contributed by atoms with Gasteiger partial charge in [0.1, 0.15) is 12.1 Å². The summed E-state index contributed by atoms with van der Waals surface area (Å²) in [7, 11) is 0. The second kappa shape index (κ2) is 16.1. The van der Waals surface area contributed by atoms with Crippen LogP contribution in [0, 0.1) is 0 Å². The minimum absolute atomic E-state index is 0.00361. The highest BCUT2D eigenvalue weighted by molar-refractivity contribution is 5.93. The molecule has 0 aliphatic heterocycles. The van der Waals surface area contributed by atoms with Crippen molar-refractivity contribution in [1.82, 2.24) is 5.32 Å². The molecule has 0 bridgehead atoms. The predicted molar refractivity (Wildman–Crippen MR) is 136 cm³/mol. The molecule has 0 radical (unpaired) electrons. The predicted octanol–water partition coefficient (Wildman–Crippen LogP) is 2.27. The molecule has 1 heterocycles. The molecule has 1 amide bonds. The lowest BCUT2D eigenvalue weighted by molar-refractivity contribution is -0.192. The van der Waals surface area contributed by atoms with Crippen LogP contribution in [0.2, 0.25) is 0 Å². The fraction of sp³-hybridized carbons (Fsp3) is 0.480. The van der Waals surface area contributed by atoms with Crippen LogP contribution in [0.5, 0.6) is 0 Å². The van der Waals surface area contributed by atoms with Gasteiger partial charge in [-0.1, -0.05) is 0 Å². The first-order valence-electron chi connectivity index (χ1n) is 12.2. The average Bonchev–Trinajstić information content (AvgIpc) is 2.89. The molecule has 0 aliphatic rings. The van der Waals surface area contributed by atoms with E-state index < -0.39 is 48.3 Å². The third kappa shape index (κ3) is 10.6. The number of carbonyl (C=O) groups excluding carboxylic acids is 3. The molecule has 12 nitrogen and oxygen atoms in total. The van der Waals surface area contributed by atoms with Crippen LogP contribution in [-0.2, 0) is 28.7 Å². The molecular formula is C25H32F3N3O9. The highest BCUT2D eigenvalue weighted by Crippen LogP contribution is 2.29.